The topological polar surface area (TPSA) is 158 Å². The number of halogens is 10. The Bertz CT molecular complexity index is 2970. The van der Waals surface area contributed by atoms with Crippen molar-refractivity contribution in [2.75, 3.05) is 10.5 Å². The van der Waals surface area contributed by atoms with Gasteiger partial charge in [-0.2, -0.15) is 32.1 Å². The number of anilines is 1. The van der Waals surface area contributed by atoms with E-state index < -0.39 is 132 Å². The first kappa shape index (κ1) is 47.6. The van der Waals surface area contributed by atoms with Crippen molar-refractivity contribution in [3.63, 3.8) is 0 Å². The van der Waals surface area contributed by atoms with Gasteiger partial charge < -0.3 is 5.32 Å². The Balaban J connectivity index is 1.29. The summed E-state index contributed by atoms with van der Waals surface area (Å²) in [6.07, 6.45) is -7.91. The molecule has 8 rings (SSSR count). The lowest BCUT2D eigenvalue weighted by Gasteiger charge is -2.26. The van der Waals surface area contributed by atoms with Gasteiger partial charge in [0, 0.05) is 34.4 Å². The summed E-state index contributed by atoms with van der Waals surface area (Å²) in [7, 11) is -7.69. The number of aryl methyl sites for hydroxylation is 1. The average molecular weight is 994 g/mol. The Morgan fingerprint density at radius 3 is 2.26 bits per heavy atom. The highest BCUT2D eigenvalue weighted by Gasteiger charge is 2.68. The number of aromatic nitrogens is 5. The van der Waals surface area contributed by atoms with E-state index in [1.807, 2.05) is 0 Å². The van der Waals surface area contributed by atoms with E-state index >= 15 is 8.78 Å². The Kier molecular flexibility index (Phi) is 12.0. The van der Waals surface area contributed by atoms with E-state index in [1.54, 1.807) is 13.8 Å². The SMILES string of the molecule is CCS(=O)(=O)Nc1nn(CC(F)F)c2c(-c3ccc(CCC(C)(C)S(=O)(=O)C4CC4)nc3[C@H](Cc3cc(F)cc(F)c3)NC(=O)Cn3nc(C(F)(F)F)c4c3C(F)(F)C3C[C@H]43)ccc(Cl)c12. The summed E-state index contributed by atoms with van der Waals surface area (Å²) in [5.74, 6) is -10.4. The van der Waals surface area contributed by atoms with Crippen LogP contribution in [0.3, 0.4) is 0 Å². The normalized spacial score (nSPS) is 18.7. The molecule has 12 nitrogen and oxygen atoms in total. The molecule has 1 unspecified atom stereocenters. The lowest BCUT2D eigenvalue weighted by atomic mass is 9.93. The molecule has 2 aromatic carbocycles. The highest BCUT2D eigenvalue weighted by atomic mass is 35.5. The molecule has 66 heavy (non-hydrogen) atoms. The first-order valence-electron chi connectivity index (χ1n) is 20.7. The number of hydrogen-bond acceptors (Lipinski definition) is 8. The molecule has 3 heterocycles. The molecule has 0 radical (unpaired) electrons. The smallest absolute Gasteiger partial charge is 0.346 e. The van der Waals surface area contributed by atoms with Crippen molar-refractivity contribution in [1.82, 2.24) is 29.9 Å². The Labute approximate surface area is 377 Å². The molecule has 0 aliphatic heterocycles. The summed E-state index contributed by atoms with van der Waals surface area (Å²) in [4.78, 5) is 18.9. The van der Waals surface area contributed by atoms with Crippen molar-refractivity contribution >= 4 is 54.1 Å². The number of pyridine rings is 1. The van der Waals surface area contributed by atoms with Crippen LogP contribution in [0.4, 0.5) is 45.3 Å². The molecule has 3 aliphatic rings. The minimum Gasteiger partial charge on any atom is -0.346 e. The number of benzene rings is 2. The summed E-state index contributed by atoms with van der Waals surface area (Å²) < 4.78 is 186. The zero-order valence-electron chi connectivity index (χ0n) is 35.2. The number of sulfonamides is 1. The van der Waals surface area contributed by atoms with Crippen LogP contribution < -0.4 is 10.0 Å². The number of fused-ring (bicyclic) bond motifs is 4. The first-order valence-corrected chi connectivity index (χ1v) is 24.3. The van der Waals surface area contributed by atoms with Crippen LogP contribution in [0.5, 0.6) is 0 Å². The molecule has 1 amide bonds. The van der Waals surface area contributed by atoms with Crippen molar-refractivity contribution in [2.24, 2.45) is 5.92 Å². The molecule has 5 aromatic rings. The maximum absolute atomic E-state index is 15.5. The Morgan fingerprint density at radius 1 is 0.970 bits per heavy atom. The third-order valence-corrected chi connectivity index (χ3v) is 17.0. The third kappa shape index (κ3) is 8.97. The quantitative estimate of drug-likeness (QED) is 0.0876. The zero-order valence-corrected chi connectivity index (χ0v) is 37.6. The largest absolute Gasteiger partial charge is 0.435 e. The van der Waals surface area contributed by atoms with Gasteiger partial charge in [0.1, 0.15) is 30.4 Å². The second-order valence-corrected chi connectivity index (χ2v) is 22.7. The lowest BCUT2D eigenvalue weighted by Crippen LogP contribution is -2.36. The molecule has 0 spiro atoms. The van der Waals surface area contributed by atoms with Gasteiger partial charge in [-0.15, -0.1) is 0 Å². The van der Waals surface area contributed by atoms with Crippen LogP contribution in [-0.2, 0) is 62.7 Å². The summed E-state index contributed by atoms with van der Waals surface area (Å²) in [5, 5.41) is 9.36. The maximum Gasteiger partial charge on any atom is 0.435 e. The van der Waals surface area contributed by atoms with E-state index in [2.05, 4.69) is 20.2 Å². The van der Waals surface area contributed by atoms with Crippen molar-refractivity contribution in [2.45, 2.75) is 113 Å². The van der Waals surface area contributed by atoms with Crippen molar-refractivity contribution < 1.29 is 61.1 Å². The zero-order chi connectivity index (χ0) is 48.1. The maximum atomic E-state index is 15.5. The molecule has 24 heteroatoms. The average Bonchev–Trinajstić information content (AvgIpc) is 4.13. The fraction of sp³-hybridized carbons (Fsp3) is 0.476. The van der Waals surface area contributed by atoms with Gasteiger partial charge in [0.2, 0.25) is 15.9 Å². The van der Waals surface area contributed by atoms with Crippen LogP contribution in [0, 0.1) is 17.6 Å². The fourth-order valence-corrected chi connectivity index (χ4v) is 11.6. The van der Waals surface area contributed by atoms with Gasteiger partial charge in [0.25, 0.3) is 12.3 Å². The number of rotatable bonds is 17. The molecule has 3 aliphatic carbocycles. The van der Waals surface area contributed by atoms with Crippen LogP contribution in [0.25, 0.3) is 22.0 Å². The molecule has 0 bridgehead atoms. The number of nitrogens with one attached hydrogen (secondary N) is 2. The summed E-state index contributed by atoms with van der Waals surface area (Å²) in [5.41, 5.74) is -3.50. The molecule has 356 valence electrons. The second kappa shape index (κ2) is 16.7. The lowest BCUT2D eigenvalue weighted by molar-refractivity contribution is -0.142. The third-order valence-electron chi connectivity index (χ3n) is 12.3. The van der Waals surface area contributed by atoms with Crippen molar-refractivity contribution in [3.05, 3.63) is 93.0 Å². The van der Waals surface area contributed by atoms with Gasteiger partial charge in [0.05, 0.1) is 43.4 Å². The first-order chi connectivity index (χ1) is 30.7. The predicted molar refractivity (Wildman–Crippen MR) is 224 cm³/mol. The summed E-state index contributed by atoms with van der Waals surface area (Å²) >= 11 is 6.60. The van der Waals surface area contributed by atoms with Gasteiger partial charge in [-0.3, -0.25) is 23.9 Å². The van der Waals surface area contributed by atoms with Gasteiger partial charge >= 0.3 is 6.18 Å². The minimum atomic E-state index is -5.15. The monoisotopic (exact) mass is 993 g/mol. The van der Waals surface area contributed by atoms with E-state index in [-0.39, 0.29) is 67.9 Å². The highest BCUT2D eigenvalue weighted by Crippen LogP contribution is 2.68. The summed E-state index contributed by atoms with van der Waals surface area (Å²) in [6, 6.07) is 6.44. The van der Waals surface area contributed by atoms with E-state index in [9.17, 15) is 52.4 Å². The van der Waals surface area contributed by atoms with Crippen LogP contribution in [-0.4, -0.2) is 69.5 Å². The number of nitrogens with zero attached hydrogens (tertiary/aromatic N) is 5. The van der Waals surface area contributed by atoms with Gasteiger partial charge in [-0.1, -0.05) is 23.7 Å². The molecule has 2 fully saturated rings. The van der Waals surface area contributed by atoms with E-state index in [0.29, 0.717) is 18.9 Å². The number of alkyl halides is 7. The van der Waals surface area contributed by atoms with Crippen LogP contribution in [0.2, 0.25) is 5.02 Å². The van der Waals surface area contributed by atoms with Gasteiger partial charge in [0.15, 0.2) is 21.3 Å². The molecule has 3 atom stereocenters. The molecule has 2 N–H and O–H groups in total. The van der Waals surface area contributed by atoms with Crippen LogP contribution in [0.1, 0.15) is 92.3 Å². The minimum absolute atomic E-state index is 0.0124. The van der Waals surface area contributed by atoms with Crippen LogP contribution in [0.15, 0.2) is 42.5 Å². The standard InChI is InChI=1S/C42H41ClF9N7O5S2/c1-4-65(61,62)57-39-34-29(43)10-9-26(36(34)58(56-39)18-31(46)47)25-8-5-23(11-12-40(2,3)66(63,64)24-6-7-24)53-35(25)30(15-20-13-21(44)16-22(45)14-20)54-32(60)19-59-38-33(37(55-59)42(50,51)52)27-17-28(27)41(38,48)49/h5,8-10,13-14,16,24,27-28,30-31H,4,6-7,11-12,15,17-19H2,1-3H3,(H,54,60)(H,56,57)/t27-,28?,30-/m0/s1. The van der Waals surface area contributed by atoms with E-state index in [1.165, 1.54) is 31.2 Å². The van der Waals surface area contributed by atoms with Crippen molar-refractivity contribution in [3.8, 4) is 11.1 Å². The number of carbonyl (C=O) groups excluding carboxylic acids is 1. The number of hydrogen-bond donors (Lipinski definition) is 2. The molecule has 3 aromatic heterocycles. The number of carbonyl (C=O) groups is 1. The van der Waals surface area contributed by atoms with E-state index in [4.69, 9.17) is 16.6 Å². The molecule has 0 saturated heterocycles. The fourth-order valence-electron chi connectivity index (χ4n) is 8.75. The molecule has 2 saturated carbocycles. The number of sulfone groups is 1. The van der Waals surface area contributed by atoms with Crippen LogP contribution >= 0.6 is 11.6 Å². The van der Waals surface area contributed by atoms with E-state index in [0.717, 1.165) is 16.8 Å². The molecular formula is C42H41ClF9N7O5S2. The van der Waals surface area contributed by atoms with Crippen molar-refractivity contribution in [1.29, 1.82) is 0 Å². The summed E-state index contributed by atoms with van der Waals surface area (Å²) in [6.45, 7) is 2.15. The highest BCUT2D eigenvalue weighted by molar-refractivity contribution is 7.93. The molecular weight excluding hydrogens is 953 g/mol. The Morgan fingerprint density at radius 2 is 1.64 bits per heavy atom. The van der Waals surface area contributed by atoms with Gasteiger partial charge in [-0.25, -0.2) is 34.4 Å². The van der Waals surface area contributed by atoms with Gasteiger partial charge in [-0.05, 0) is 95.0 Å². The second-order valence-electron chi connectivity index (χ2n) is 17.4. The Hall–Kier alpha value is -4.90. The number of amides is 1. The predicted octanol–water partition coefficient (Wildman–Crippen LogP) is 8.87.